The van der Waals surface area contributed by atoms with Crippen LogP contribution in [0.1, 0.15) is 18.1 Å². The van der Waals surface area contributed by atoms with Crippen molar-refractivity contribution in [3.63, 3.8) is 0 Å². The number of ether oxygens (including phenoxy) is 1. The first-order valence-electron chi connectivity index (χ1n) is 7.31. The van der Waals surface area contributed by atoms with Crippen molar-refractivity contribution in [2.24, 2.45) is 0 Å². The summed E-state index contributed by atoms with van der Waals surface area (Å²) in [4.78, 5) is 25.7. The lowest BCUT2D eigenvalue weighted by Crippen LogP contribution is -2.34. The molecule has 1 saturated heterocycles. The maximum Gasteiger partial charge on any atom is 0.332 e. The van der Waals surface area contributed by atoms with Gasteiger partial charge in [-0.1, -0.05) is 6.58 Å². The van der Waals surface area contributed by atoms with Crippen LogP contribution in [0.15, 0.2) is 22.4 Å². The highest BCUT2D eigenvalue weighted by Crippen LogP contribution is 2.40. The maximum atomic E-state index is 12.0. The zero-order chi connectivity index (χ0) is 17.4. The molecule has 3 N–H and O–H groups in total. The fourth-order valence-corrected chi connectivity index (χ4v) is 3.51. The van der Waals surface area contributed by atoms with Gasteiger partial charge in [-0.3, -0.25) is 14.3 Å². The number of aromatic nitrogens is 2. The standard InChI is InChI=1S/C15H23N2O5P/c1-5-17-8-9(14(20)16-15(17)21)13-12(19)11(18)10(22-13)6-7-23(2,3)4/h5,8,10-13,18-19H,1-2,6-7H2,3-4H3,(H,16,20,21)/t10?,11-,12-,13?/m1/s1. The normalized spacial score (nSPS) is 28.0. The summed E-state index contributed by atoms with van der Waals surface area (Å²) in [6.45, 7) is 6.35. The molecule has 8 heteroatoms. The van der Waals surface area contributed by atoms with Crippen LogP contribution in [-0.2, 0) is 4.74 Å². The molecule has 23 heavy (non-hydrogen) atoms. The summed E-state index contributed by atoms with van der Waals surface area (Å²) in [5.74, 6) is 0. The van der Waals surface area contributed by atoms with E-state index in [-0.39, 0.29) is 5.56 Å². The molecule has 2 unspecified atom stereocenters. The quantitative estimate of drug-likeness (QED) is 0.648. The Bertz CT molecular complexity index is 747. The average molecular weight is 342 g/mol. The highest BCUT2D eigenvalue weighted by molar-refractivity contribution is 7.72. The summed E-state index contributed by atoms with van der Waals surface area (Å²) in [5, 5.41) is 20.4. The predicted octanol–water partition coefficient (Wildman–Crippen LogP) is -0.102. The van der Waals surface area contributed by atoms with E-state index in [1.165, 1.54) is 12.4 Å². The van der Waals surface area contributed by atoms with Gasteiger partial charge in [-0.05, 0) is 25.9 Å². The van der Waals surface area contributed by atoms with E-state index >= 15 is 0 Å². The van der Waals surface area contributed by atoms with E-state index in [9.17, 15) is 19.8 Å². The molecule has 0 radical (unpaired) electrons. The van der Waals surface area contributed by atoms with Crippen molar-refractivity contribution in [3.8, 4) is 0 Å². The Morgan fingerprint density at radius 3 is 2.61 bits per heavy atom. The summed E-state index contributed by atoms with van der Waals surface area (Å²) >= 11 is 0. The molecule has 0 saturated carbocycles. The van der Waals surface area contributed by atoms with Crippen molar-refractivity contribution in [1.29, 1.82) is 0 Å². The third-order valence-corrected chi connectivity index (χ3v) is 5.35. The molecule has 1 aromatic heterocycles. The minimum absolute atomic E-state index is 0.0854. The summed E-state index contributed by atoms with van der Waals surface area (Å²) < 4.78 is 6.80. The van der Waals surface area contributed by atoms with Crippen LogP contribution in [0.25, 0.3) is 6.20 Å². The number of aliphatic hydroxyl groups is 2. The third-order valence-electron chi connectivity index (χ3n) is 3.88. The van der Waals surface area contributed by atoms with Crippen molar-refractivity contribution in [2.45, 2.75) is 30.8 Å². The zero-order valence-corrected chi connectivity index (χ0v) is 14.2. The molecule has 0 spiro atoms. The molecule has 7 nitrogen and oxygen atoms in total. The van der Waals surface area contributed by atoms with E-state index < -0.39 is 42.6 Å². The van der Waals surface area contributed by atoms with Crippen LogP contribution in [0, 0.1) is 0 Å². The van der Waals surface area contributed by atoms with Gasteiger partial charge in [0.15, 0.2) is 0 Å². The lowest BCUT2D eigenvalue weighted by molar-refractivity contribution is 0.00505. The van der Waals surface area contributed by atoms with E-state index in [4.69, 9.17) is 4.74 Å². The topological polar surface area (TPSA) is 105 Å². The molecule has 0 bridgehead atoms. The van der Waals surface area contributed by atoms with Crippen molar-refractivity contribution < 1.29 is 14.9 Å². The molecular weight excluding hydrogens is 319 g/mol. The fourth-order valence-electron chi connectivity index (χ4n) is 2.56. The number of nitrogens with zero attached hydrogens (tertiary/aromatic N) is 1. The van der Waals surface area contributed by atoms with Crippen LogP contribution in [0.5, 0.6) is 0 Å². The molecule has 2 rings (SSSR count). The van der Waals surface area contributed by atoms with E-state index in [1.807, 2.05) is 0 Å². The maximum absolute atomic E-state index is 12.0. The van der Waals surface area contributed by atoms with Gasteiger partial charge in [0.2, 0.25) is 0 Å². The molecule has 2 heterocycles. The molecule has 1 aliphatic rings. The largest absolute Gasteiger partial charge is 0.388 e. The summed E-state index contributed by atoms with van der Waals surface area (Å²) in [5.41, 5.74) is -1.18. The van der Waals surface area contributed by atoms with Crippen molar-refractivity contribution in [1.82, 2.24) is 9.55 Å². The Kier molecular flexibility index (Phi) is 5.16. The average Bonchev–Trinajstić information content (AvgIpc) is 2.73. The lowest BCUT2D eigenvalue weighted by atomic mass is 10.0. The van der Waals surface area contributed by atoms with E-state index in [1.54, 1.807) is 0 Å². The van der Waals surface area contributed by atoms with Gasteiger partial charge in [0, 0.05) is 12.4 Å². The molecular formula is C15H23N2O5P. The molecule has 1 aromatic rings. The molecule has 4 atom stereocenters. The third kappa shape index (κ3) is 3.93. The molecule has 128 valence electrons. The number of hydrogen-bond donors (Lipinski definition) is 3. The van der Waals surface area contributed by atoms with Crippen LogP contribution in [-0.4, -0.2) is 63.9 Å². The Morgan fingerprint density at radius 1 is 1.39 bits per heavy atom. The number of aliphatic hydroxyl groups excluding tert-OH is 2. The van der Waals surface area contributed by atoms with Crippen LogP contribution in [0.3, 0.4) is 0 Å². The van der Waals surface area contributed by atoms with Crippen molar-refractivity contribution in [3.05, 3.63) is 39.2 Å². The molecule has 0 aliphatic carbocycles. The second kappa shape index (κ2) is 6.61. The highest BCUT2D eigenvalue weighted by atomic mass is 31.2. The number of rotatable bonds is 5. The number of hydrogen-bond acceptors (Lipinski definition) is 5. The number of H-pyrrole nitrogens is 1. The Balaban J connectivity index is 2.28. The Hall–Kier alpha value is -1.40. The first-order valence-corrected chi connectivity index (χ1v) is 10.4. The van der Waals surface area contributed by atoms with E-state index in [0.29, 0.717) is 6.42 Å². The van der Waals surface area contributed by atoms with Gasteiger partial charge in [0.1, 0.15) is 18.3 Å². The van der Waals surface area contributed by atoms with Gasteiger partial charge in [-0.2, -0.15) is 0 Å². The first-order chi connectivity index (χ1) is 10.6. The monoisotopic (exact) mass is 342 g/mol. The molecule has 1 fully saturated rings. The fraction of sp³-hybridized carbons (Fsp3) is 0.533. The highest BCUT2D eigenvalue weighted by Gasteiger charge is 2.44. The van der Waals surface area contributed by atoms with Gasteiger partial charge in [0.05, 0.1) is 11.7 Å². The van der Waals surface area contributed by atoms with Crippen molar-refractivity contribution in [2.75, 3.05) is 19.5 Å². The first kappa shape index (κ1) is 17.9. The zero-order valence-electron chi connectivity index (χ0n) is 13.3. The molecule has 0 aromatic carbocycles. The summed E-state index contributed by atoms with van der Waals surface area (Å²) in [7, 11) is 0. The minimum Gasteiger partial charge on any atom is -0.388 e. The minimum atomic E-state index is -1.28. The number of aromatic amines is 1. The van der Waals surface area contributed by atoms with Gasteiger partial charge in [-0.25, -0.2) is 4.79 Å². The summed E-state index contributed by atoms with van der Waals surface area (Å²) in [6, 6.07) is 0. The van der Waals surface area contributed by atoms with Crippen LogP contribution < -0.4 is 11.2 Å². The molecule has 0 amide bonds. The van der Waals surface area contributed by atoms with Gasteiger partial charge in [0.25, 0.3) is 5.56 Å². The van der Waals surface area contributed by atoms with Gasteiger partial charge in [-0.15, -0.1) is 13.2 Å². The second-order valence-electron chi connectivity index (χ2n) is 6.46. The smallest absolute Gasteiger partial charge is 0.332 e. The van der Waals surface area contributed by atoms with E-state index in [0.717, 1.165) is 10.7 Å². The Morgan fingerprint density at radius 2 is 2.04 bits per heavy atom. The molecule has 1 aliphatic heterocycles. The van der Waals surface area contributed by atoms with Crippen LogP contribution >= 0.6 is 6.89 Å². The van der Waals surface area contributed by atoms with Gasteiger partial charge >= 0.3 is 5.69 Å². The number of nitrogens with one attached hydrogen (secondary N) is 1. The van der Waals surface area contributed by atoms with Crippen molar-refractivity contribution >= 4 is 19.4 Å². The van der Waals surface area contributed by atoms with Crippen LogP contribution in [0.4, 0.5) is 0 Å². The van der Waals surface area contributed by atoms with Gasteiger partial charge < -0.3 is 14.9 Å². The summed E-state index contributed by atoms with van der Waals surface area (Å²) in [6.07, 6.45) is 4.10. The SMILES string of the molecule is C=Cn1cc(C2OC(CCP(=C)(C)C)[C@@H](O)[C@H]2O)c(=O)[nH]c1=O. The van der Waals surface area contributed by atoms with Crippen LogP contribution in [0.2, 0.25) is 0 Å². The lowest BCUT2D eigenvalue weighted by Gasteiger charge is -2.18. The van der Waals surface area contributed by atoms with E-state index in [2.05, 4.69) is 31.2 Å². The Labute approximate surface area is 134 Å². The second-order valence-corrected chi connectivity index (χ2v) is 10.8. The predicted molar refractivity (Wildman–Crippen MR) is 92.7 cm³/mol.